The lowest BCUT2D eigenvalue weighted by Gasteiger charge is -2.24. The van der Waals surface area contributed by atoms with Crippen LogP contribution in [0.3, 0.4) is 0 Å². The van der Waals surface area contributed by atoms with Crippen LogP contribution in [0, 0.1) is 0 Å². The van der Waals surface area contributed by atoms with Gasteiger partial charge in [0.1, 0.15) is 0 Å². The van der Waals surface area contributed by atoms with Gasteiger partial charge in [-0.1, -0.05) is 18.2 Å². The monoisotopic (exact) mass is 272 g/mol. The minimum atomic E-state index is -0.932. The molecule has 1 atom stereocenters. The first-order valence-corrected chi connectivity index (χ1v) is 6.75. The SMILES string of the molecule is O=C(O)c1ccccc1-c1ccnn1C1CCCCO1. The standard InChI is InChI=1S/C15H16N2O3/c18-15(19)12-6-2-1-5-11(12)13-8-9-16-17(13)14-7-3-4-10-20-14/h1-2,5-6,8-9,14H,3-4,7,10H2,(H,18,19). The Labute approximate surface area is 116 Å². The number of carboxylic acid groups (broad SMARTS) is 1. The van der Waals surface area contributed by atoms with E-state index in [1.807, 2.05) is 12.1 Å². The number of hydrogen-bond donors (Lipinski definition) is 1. The second-order valence-corrected chi connectivity index (χ2v) is 4.83. The molecule has 104 valence electrons. The van der Waals surface area contributed by atoms with Gasteiger partial charge in [-0.25, -0.2) is 9.48 Å². The molecule has 2 aromatic rings. The van der Waals surface area contributed by atoms with Crippen molar-refractivity contribution in [2.24, 2.45) is 0 Å². The Balaban J connectivity index is 2.03. The molecule has 1 N–H and O–H groups in total. The van der Waals surface area contributed by atoms with Crippen molar-refractivity contribution >= 4 is 5.97 Å². The molecule has 0 saturated carbocycles. The van der Waals surface area contributed by atoms with Gasteiger partial charge >= 0.3 is 5.97 Å². The molecule has 1 saturated heterocycles. The zero-order valence-electron chi connectivity index (χ0n) is 11.0. The van der Waals surface area contributed by atoms with Crippen molar-refractivity contribution in [1.82, 2.24) is 9.78 Å². The molecule has 1 fully saturated rings. The summed E-state index contributed by atoms with van der Waals surface area (Å²) in [5.74, 6) is -0.932. The average Bonchev–Trinajstić information content (AvgIpc) is 2.97. The molecule has 1 unspecified atom stereocenters. The minimum Gasteiger partial charge on any atom is -0.478 e. The van der Waals surface area contributed by atoms with Crippen LogP contribution in [0.15, 0.2) is 36.5 Å². The molecule has 5 heteroatoms. The first-order valence-electron chi connectivity index (χ1n) is 6.75. The Hall–Kier alpha value is -2.14. The summed E-state index contributed by atoms with van der Waals surface area (Å²) >= 11 is 0. The Morgan fingerprint density at radius 2 is 2.15 bits per heavy atom. The summed E-state index contributed by atoms with van der Waals surface area (Å²) in [7, 11) is 0. The zero-order valence-corrected chi connectivity index (χ0v) is 11.0. The molecule has 1 aromatic heterocycles. The van der Waals surface area contributed by atoms with Crippen molar-refractivity contribution in [1.29, 1.82) is 0 Å². The highest BCUT2D eigenvalue weighted by atomic mass is 16.5. The first kappa shape index (κ1) is 12.9. The predicted molar refractivity (Wildman–Crippen MR) is 73.5 cm³/mol. The molecule has 0 radical (unpaired) electrons. The fourth-order valence-electron chi connectivity index (χ4n) is 2.57. The van der Waals surface area contributed by atoms with Gasteiger partial charge in [0.05, 0.1) is 11.3 Å². The van der Waals surface area contributed by atoms with Crippen molar-refractivity contribution in [3.8, 4) is 11.3 Å². The van der Waals surface area contributed by atoms with Crippen LogP contribution in [0.1, 0.15) is 35.8 Å². The lowest BCUT2D eigenvalue weighted by molar-refractivity contribution is -0.0383. The second kappa shape index (κ2) is 5.46. The Kier molecular flexibility index (Phi) is 3.52. The zero-order chi connectivity index (χ0) is 13.9. The van der Waals surface area contributed by atoms with Gasteiger partial charge in [-0.2, -0.15) is 5.10 Å². The van der Waals surface area contributed by atoms with Crippen molar-refractivity contribution < 1.29 is 14.6 Å². The normalized spacial score (nSPS) is 18.9. The maximum Gasteiger partial charge on any atom is 0.336 e. The van der Waals surface area contributed by atoms with Crippen molar-refractivity contribution in [2.45, 2.75) is 25.5 Å². The van der Waals surface area contributed by atoms with E-state index >= 15 is 0 Å². The van der Waals surface area contributed by atoms with Crippen molar-refractivity contribution in [3.63, 3.8) is 0 Å². The molecule has 0 bridgehead atoms. The fraction of sp³-hybridized carbons (Fsp3) is 0.333. The van der Waals surface area contributed by atoms with Crippen LogP contribution in [0.2, 0.25) is 0 Å². The number of hydrogen-bond acceptors (Lipinski definition) is 3. The third-order valence-electron chi connectivity index (χ3n) is 3.53. The van der Waals surface area contributed by atoms with Gasteiger partial charge in [0, 0.05) is 18.4 Å². The largest absolute Gasteiger partial charge is 0.478 e. The van der Waals surface area contributed by atoms with Crippen molar-refractivity contribution in [3.05, 3.63) is 42.1 Å². The Morgan fingerprint density at radius 1 is 1.30 bits per heavy atom. The van der Waals surface area contributed by atoms with E-state index in [4.69, 9.17) is 4.74 Å². The maximum atomic E-state index is 11.3. The number of aromatic carboxylic acids is 1. The molecule has 20 heavy (non-hydrogen) atoms. The quantitative estimate of drug-likeness (QED) is 0.933. The summed E-state index contributed by atoms with van der Waals surface area (Å²) < 4.78 is 7.53. The molecule has 0 spiro atoms. The summed E-state index contributed by atoms with van der Waals surface area (Å²) in [5, 5.41) is 13.6. The molecule has 5 nitrogen and oxygen atoms in total. The van der Waals surface area contributed by atoms with Crippen LogP contribution in [0.5, 0.6) is 0 Å². The van der Waals surface area contributed by atoms with E-state index in [-0.39, 0.29) is 11.8 Å². The van der Waals surface area contributed by atoms with Gasteiger partial charge < -0.3 is 9.84 Å². The predicted octanol–water partition coefficient (Wildman–Crippen LogP) is 2.95. The van der Waals surface area contributed by atoms with Gasteiger partial charge in [0.25, 0.3) is 0 Å². The minimum absolute atomic E-state index is 0.101. The van der Waals surface area contributed by atoms with Crippen LogP contribution in [-0.4, -0.2) is 27.5 Å². The lowest BCUT2D eigenvalue weighted by atomic mass is 10.0. The molecule has 0 aliphatic carbocycles. The molecule has 1 aliphatic heterocycles. The Bertz CT molecular complexity index is 615. The third-order valence-corrected chi connectivity index (χ3v) is 3.53. The van der Waals surface area contributed by atoms with E-state index < -0.39 is 5.97 Å². The van der Waals surface area contributed by atoms with Crippen molar-refractivity contribution in [2.75, 3.05) is 6.61 Å². The van der Waals surface area contributed by atoms with E-state index in [1.165, 1.54) is 0 Å². The number of aromatic nitrogens is 2. The maximum absolute atomic E-state index is 11.3. The van der Waals surface area contributed by atoms with Crippen LogP contribution in [0.4, 0.5) is 0 Å². The van der Waals surface area contributed by atoms with Gasteiger partial charge in [0.2, 0.25) is 0 Å². The van der Waals surface area contributed by atoms with Gasteiger partial charge in [-0.3, -0.25) is 0 Å². The molecule has 0 amide bonds. The Morgan fingerprint density at radius 3 is 2.90 bits per heavy atom. The molecule has 1 aliphatic rings. The number of carboxylic acids is 1. The third kappa shape index (κ3) is 2.32. The van der Waals surface area contributed by atoms with E-state index in [1.54, 1.807) is 29.1 Å². The highest BCUT2D eigenvalue weighted by molar-refractivity contribution is 5.95. The fourth-order valence-corrected chi connectivity index (χ4v) is 2.57. The summed E-state index contributed by atoms with van der Waals surface area (Å²) in [6.45, 7) is 0.727. The van der Waals surface area contributed by atoms with Crippen LogP contribution >= 0.6 is 0 Å². The summed E-state index contributed by atoms with van der Waals surface area (Å²) in [5.41, 5.74) is 1.74. The summed E-state index contributed by atoms with van der Waals surface area (Å²) in [4.78, 5) is 11.3. The highest BCUT2D eigenvalue weighted by Crippen LogP contribution is 2.29. The molecule has 3 rings (SSSR count). The van der Waals surface area contributed by atoms with E-state index in [0.717, 1.165) is 31.6 Å². The molecular weight excluding hydrogens is 256 g/mol. The lowest BCUT2D eigenvalue weighted by Crippen LogP contribution is -2.20. The second-order valence-electron chi connectivity index (χ2n) is 4.83. The topological polar surface area (TPSA) is 64.3 Å². The number of ether oxygens (including phenoxy) is 1. The number of nitrogens with zero attached hydrogens (tertiary/aromatic N) is 2. The number of rotatable bonds is 3. The molecule has 1 aromatic carbocycles. The molecular formula is C15H16N2O3. The summed E-state index contributed by atoms with van der Waals surface area (Å²) in [6.07, 6.45) is 4.66. The average molecular weight is 272 g/mol. The van der Waals surface area contributed by atoms with Crippen LogP contribution in [-0.2, 0) is 4.74 Å². The van der Waals surface area contributed by atoms with E-state index in [2.05, 4.69) is 5.10 Å². The first-order chi connectivity index (χ1) is 9.77. The van der Waals surface area contributed by atoms with E-state index in [9.17, 15) is 9.90 Å². The summed E-state index contributed by atoms with van der Waals surface area (Å²) in [6, 6.07) is 8.81. The number of carbonyl (C=O) groups is 1. The van der Waals surface area contributed by atoms with Gasteiger partial charge in [0.15, 0.2) is 6.23 Å². The molecule has 2 heterocycles. The van der Waals surface area contributed by atoms with Gasteiger partial charge in [-0.15, -0.1) is 0 Å². The van der Waals surface area contributed by atoms with E-state index in [0.29, 0.717) is 5.56 Å². The van der Waals surface area contributed by atoms with Gasteiger partial charge in [-0.05, 0) is 31.4 Å². The highest BCUT2D eigenvalue weighted by Gasteiger charge is 2.21. The van der Waals surface area contributed by atoms with Crippen LogP contribution < -0.4 is 0 Å². The smallest absolute Gasteiger partial charge is 0.336 e. The van der Waals surface area contributed by atoms with Crippen LogP contribution in [0.25, 0.3) is 11.3 Å². The number of benzene rings is 1.